The van der Waals surface area contributed by atoms with Gasteiger partial charge in [0.15, 0.2) is 0 Å². The number of carbonyl (C=O) groups is 5. The predicted molar refractivity (Wildman–Crippen MR) is 101 cm³/mol. The summed E-state index contributed by atoms with van der Waals surface area (Å²) in [5, 5.41) is 2.55. The molecule has 29 heavy (non-hydrogen) atoms. The average Bonchev–Trinajstić information content (AvgIpc) is 2.83. The monoisotopic (exact) mass is 406 g/mol. The molecule has 10 heteroatoms. The quantitative estimate of drug-likeness (QED) is 0.564. The molecule has 0 radical (unpaired) electrons. The van der Waals surface area contributed by atoms with Crippen molar-refractivity contribution >= 4 is 35.3 Å². The van der Waals surface area contributed by atoms with Crippen molar-refractivity contribution in [2.75, 3.05) is 25.0 Å². The lowest BCUT2D eigenvalue weighted by molar-refractivity contribution is -0.146. The standard InChI is InChI=1S/C19H23FN4O5/c1-5-22-16(27)17(28)23(18(22)29)11-15(26)24(19(2,3)4)10-14(25)21-13-8-6-12(20)7-9-13/h6-9H,5,10-11H2,1-4H3,(H,21,25). The van der Waals surface area contributed by atoms with Crippen molar-refractivity contribution in [3.63, 3.8) is 0 Å². The van der Waals surface area contributed by atoms with Crippen LogP contribution in [-0.4, -0.2) is 69.5 Å². The number of nitrogens with one attached hydrogen (secondary N) is 1. The second-order valence-electron chi connectivity index (χ2n) is 7.43. The lowest BCUT2D eigenvalue weighted by atomic mass is 10.1. The fourth-order valence-corrected chi connectivity index (χ4v) is 2.77. The van der Waals surface area contributed by atoms with Crippen LogP contribution in [0.3, 0.4) is 0 Å². The molecule has 156 valence electrons. The molecule has 1 aliphatic heterocycles. The number of hydrogen-bond acceptors (Lipinski definition) is 5. The molecule has 1 aromatic rings. The number of hydrogen-bond donors (Lipinski definition) is 1. The highest BCUT2D eigenvalue weighted by atomic mass is 19.1. The van der Waals surface area contributed by atoms with E-state index in [1.165, 1.54) is 36.1 Å². The normalized spacial score (nSPS) is 14.4. The molecule has 6 amide bonds. The molecule has 1 N–H and O–H groups in total. The molecule has 2 rings (SSSR count). The van der Waals surface area contributed by atoms with Gasteiger partial charge in [-0.1, -0.05) is 0 Å². The lowest BCUT2D eigenvalue weighted by Crippen LogP contribution is -2.53. The van der Waals surface area contributed by atoms with Gasteiger partial charge in [-0.2, -0.15) is 0 Å². The molecule has 1 heterocycles. The van der Waals surface area contributed by atoms with Crippen LogP contribution in [0.15, 0.2) is 24.3 Å². The van der Waals surface area contributed by atoms with E-state index in [1.54, 1.807) is 20.8 Å². The summed E-state index contributed by atoms with van der Waals surface area (Å²) in [4.78, 5) is 63.7. The highest BCUT2D eigenvalue weighted by Gasteiger charge is 2.45. The Balaban J connectivity index is 2.11. The summed E-state index contributed by atoms with van der Waals surface area (Å²) in [5.41, 5.74) is -0.455. The van der Waals surface area contributed by atoms with Gasteiger partial charge in [-0.05, 0) is 52.0 Å². The van der Waals surface area contributed by atoms with E-state index < -0.39 is 47.6 Å². The van der Waals surface area contributed by atoms with Crippen molar-refractivity contribution in [3.8, 4) is 0 Å². The van der Waals surface area contributed by atoms with E-state index >= 15 is 0 Å². The second kappa shape index (κ2) is 8.38. The minimum Gasteiger partial charge on any atom is -0.327 e. The summed E-state index contributed by atoms with van der Waals surface area (Å²) in [6.07, 6.45) is 0. The number of carbonyl (C=O) groups excluding carboxylic acids is 5. The Labute approximate surface area is 167 Å². The van der Waals surface area contributed by atoms with Gasteiger partial charge in [-0.15, -0.1) is 0 Å². The SMILES string of the molecule is CCN1C(=O)C(=O)N(CC(=O)N(CC(=O)Nc2ccc(F)cc2)C(C)(C)C)C1=O. The van der Waals surface area contributed by atoms with E-state index in [9.17, 15) is 28.4 Å². The number of rotatable bonds is 6. The molecule has 0 unspecified atom stereocenters. The molecule has 1 aliphatic rings. The van der Waals surface area contributed by atoms with E-state index in [1.807, 2.05) is 0 Å². The zero-order chi connectivity index (χ0) is 21.9. The molecular weight excluding hydrogens is 383 g/mol. The van der Waals surface area contributed by atoms with Crippen molar-refractivity contribution in [1.29, 1.82) is 0 Å². The van der Waals surface area contributed by atoms with Gasteiger partial charge in [-0.3, -0.25) is 24.1 Å². The van der Waals surface area contributed by atoms with E-state index in [-0.39, 0.29) is 13.1 Å². The Kier molecular flexibility index (Phi) is 6.35. The van der Waals surface area contributed by atoms with Crippen LogP contribution in [0.1, 0.15) is 27.7 Å². The number of urea groups is 1. The fourth-order valence-electron chi connectivity index (χ4n) is 2.77. The van der Waals surface area contributed by atoms with Crippen LogP contribution in [0.5, 0.6) is 0 Å². The highest BCUT2D eigenvalue weighted by molar-refractivity contribution is 6.45. The third kappa shape index (κ3) is 4.95. The summed E-state index contributed by atoms with van der Waals surface area (Å²) in [5.74, 6) is -3.72. The largest absolute Gasteiger partial charge is 0.334 e. The molecule has 0 bridgehead atoms. The van der Waals surface area contributed by atoms with Crippen LogP contribution in [-0.2, 0) is 19.2 Å². The molecular formula is C19H23FN4O5. The van der Waals surface area contributed by atoms with Crippen LogP contribution in [0, 0.1) is 5.82 Å². The summed E-state index contributed by atoms with van der Waals surface area (Å²) < 4.78 is 13.0. The topological polar surface area (TPSA) is 107 Å². The van der Waals surface area contributed by atoms with Crippen LogP contribution < -0.4 is 5.32 Å². The Morgan fingerprint density at radius 1 is 1.03 bits per heavy atom. The van der Waals surface area contributed by atoms with Gasteiger partial charge in [0.1, 0.15) is 18.9 Å². The maximum atomic E-state index is 13.0. The predicted octanol–water partition coefficient (Wildman–Crippen LogP) is 1.20. The Morgan fingerprint density at radius 2 is 1.59 bits per heavy atom. The first kappa shape index (κ1) is 22.0. The molecule has 0 spiro atoms. The Morgan fingerprint density at radius 3 is 2.07 bits per heavy atom. The zero-order valence-electron chi connectivity index (χ0n) is 16.7. The second-order valence-corrected chi connectivity index (χ2v) is 7.43. The summed E-state index contributed by atoms with van der Waals surface area (Å²) >= 11 is 0. The molecule has 0 aromatic heterocycles. The van der Waals surface area contributed by atoms with Crippen molar-refractivity contribution in [3.05, 3.63) is 30.1 Å². The number of benzene rings is 1. The van der Waals surface area contributed by atoms with Gasteiger partial charge in [-0.25, -0.2) is 14.1 Å². The minimum atomic E-state index is -1.07. The van der Waals surface area contributed by atoms with Gasteiger partial charge in [0, 0.05) is 17.8 Å². The van der Waals surface area contributed by atoms with E-state index in [0.29, 0.717) is 10.6 Å². The summed E-state index contributed by atoms with van der Waals surface area (Å²) in [6, 6.07) is 4.26. The van der Waals surface area contributed by atoms with Gasteiger partial charge >= 0.3 is 17.8 Å². The van der Waals surface area contributed by atoms with Gasteiger partial charge in [0.25, 0.3) is 0 Å². The maximum Gasteiger partial charge on any atom is 0.334 e. The molecule has 0 aliphatic carbocycles. The van der Waals surface area contributed by atoms with Crippen LogP contribution in [0.4, 0.5) is 14.9 Å². The smallest absolute Gasteiger partial charge is 0.327 e. The van der Waals surface area contributed by atoms with E-state index in [2.05, 4.69) is 5.32 Å². The zero-order valence-corrected chi connectivity index (χ0v) is 16.7. The minimum absolute atomic E-state index is 0.0111. The summed E-state index contributed by atoms with van der Waals surface area (Å²) in [7, 11) is 0. The molecule has 1 saturated heterocycles. The highest BCUT2D eigenvalue weighted by Crippen LogP contribution is 2.17. The number of halogens is 1. The molecule has 9 nitrogen and oxygen atoms in total. The first-order valence-electron chi connectivity index (χ1n) is 8.99. The Bertz CT molecular complexity index is 847. The molecule has 1 aromatic carbocycles. The van der Waals surface area contributed by atoms with Crippen LogP contribution >= 0.6 is 0 Å². The molecule has 0 atom stereocenters. The van der Waals surface area contributed by atoms with Gasteiger partial charge in [0.05, 0.1) is 0 Å². The van der Waals surface area contributed by atoms with Gasteiger partial charge < -0.3 is 10.2 Å². The number of amides is 6. The number of imide groups is 2. The summed E-state index contributed by atoms with van der Waals surface area (Å²) in [6.45, 7) is 5.60. The van der Waals surface area contributed by atoms with Crippen molar-refractivity contribution < 1.29 is 28.4 Å². The Hall–Kier alpha value is -3.30. The third-order valence-electron chi connectivity index (χ3n) is 4.29. The van der Waals surface area contributed by atoms with Crippen LogP contribution in [0.2, 0.25) is 0 Å². The van der Waals surface area contributed by atoms with E-state index in [4.69, 9.17) is 0 Å². The first-order valence-corrected chi connectivity index (χ1v) is 8.99. The number of anilines is 1. The molecule has 0 saturated carbocycles. The first-order chi connectivity index (χ1) is 13.5. The van der Waals surface area contributed by atoms with Gasteiger partial charge in [0.2, 0.25) is 11.8 Å². The lowest BCUT2D eigenvalue weighted by Gasteiger charge is -2.35. The third-order valence-corrected chi connectivity index (χ3v) is 4.29. The average molecular weight is 406 g/mol. The van der Waals surface area contributed by atoms with Crippen molar-refractivity contribution in [1.82, 2.24) is 14.7 Å². The maximum absolute atomic E-state index is 13.0. The van der Waals surface area contributed by atoms with Crippen molar-refractivity contribution in [2.45, 2.75) is 33.2 Å². The fraction of sp³-hybridized carbons (Fsp3) is 0.421. The number of likely N-dealkylation sites (N-methyl/N-ethyl adjacent to an activating group) is 1. The molecule has 1 fully saturated rings. The van der Waals surface area contributed by atoms with Crippen LogP contribution in [0.25, 0.3) is 0 Å². The number of nitrogens with zero attached hydrogens (tertiary/aromatic N) is 3. The van der Waals surface area contributed by atoms with E-state index in [0.717, 1.165) is 4.90 Å². The van der Waals surface area contributed by atoms with Crippen molar-refractivity contribution in [2.24, 2.45) is 0 Å².